The summed E-state index contributed by atoms with van der Waals surface area (Å²) in [5.74, 6) is 1.18. The quantitative estimate of drug-likeness (QED) is 0.218. The first-order valence-corrected chi connectivity index (χ1v) is 15.3. The highest BCUT2D eigenvalue weighted by atomic mass is 79.9. The summed E-state index contributed by atoms with van der Waals surface area (Å²) in [6.45, 7) is 0. The Morgan fingerprint density at radius 1 is 0.857 bits per heavy atom. The minimum Gasteiger partial charge on any atom is -0.497 e. The number of aromatic nitrogens is 1. The zero-order valence-corrected chi connectivity index (χ0v) is 25.1. The van der Waals surface area contributed by atoms with Gasteiger partial charge in [-0.05, 0) is 65.7 Å². The van der Waals surface area contributed by atoms with Gasteiger partial charge in [-0.3, -0.25) is 4.79 Å². The number of H-pyrrole nitrogens is 1. The van der Waals surface area contributed by atoms with Gasteiger partial charge in [0.15, 0.2) is 0 Å². The number of benzene rings is 4. The summed E-state index contributed by atoms with van der Waals surface area (Å²) >= 11 is 3.56. The summed E-state index contributed by atoms with van der Waals surface area (Å²) in [5.41, 5.74) is 3.24. The predicted octanol–water partition coefficient (Wildman–Crippen LogP) is 6.51. The summed E-state index contributed by atoms with van der Waals surface area (Å²) in [7, 11) is -1.03. The van der Waals surface area contributed by atoms with E-state index in [1.54, 1.807) is 31.4 Å². The second-order valence-electron chi connectivity index (χ2n) is 9.75. The molecule has 1 aliphatic rings. The molecule has 1 aromatic heterocycles. The van der Waals surface area contributed by atoms with Crippen molar-refractivity contribution < 1.29 is 17.9 Å². The van der Waals surface area contributed by atoms with Gasteiger partial charge in [-0.25, -0.2) is 0 Å². The van der Waals surface area contributed by atoms with E-state index >= 15 is 0 Å². The molecule has 0 radical (unpaired) electrons. The first kappa shape index (κ1) is 27.7. The van der Waals surface area contributed by atoms with Crippen LogP contribution in [0.4, 0.5) is 0 Å². The van der Waals surface area contributed by atoms with E-state index in [0.717, 1.165) is 19.8 Å². The second kappa shape index (κ2) is 11.1. The first-order chi connectivity index (χ1) is 20.3. The Labute approximate surface area is 251 Å². The van der Waals surface area contributed by atoms with Gasteiger partial charge in [-0.2, -0.15) is 17.9 Å². The van der Waals surface area contributed by atoms with Crippen LogP contribution in [0.15, 0.2) is 116 Å². The maximum absolute atomic E-state index is 14.1. The number of pyridine rings is 1. The zero-order valence-electron chi connectivity index (χ0n) is 22.7. The number of ether oxygens (including phenoxy) is 2. The molecular weight excluding hydrogens is 618 g/mol. The fourth-order valence-corrected chi connectivity index (χ4v) is 7.03. The van der Waals surface area contributed by atoms with E-state index in [0.29, 0.717) is 39.4 Å². The fourth-order valence-electron chi connectivity index (χ4n) is 5.24. The molecule has 0 bridgehead atoms. The lowest BCUT2D eigenvalue weighted by atomic mass is 9.91. The van der Waals surface area contributed by atoms with Crippen molar-refractivity contribution in [1.29, 1.82) is 0 Å². The molecule has 0 aliphatic carbocycles. The van der Waals surface area contributed by atoms with Crippen LogP contribution < -0.4 is 15.0 Å². The number of methoxy groups -OCH3 is 2. The largest absolute Gasteiger partial charge is 0.497 e. The van der Waals surface area contributed by atoms with Crippen molar-refractivity contribution in [2.75, 3.05) is 14.2 Å². The lowest BCUT2D eigenvalue weighted by Crippen LogP contribution is -2.27. The summed E-state index contributed by atoms with van der Waals surface area (Å²) in [6, 6.07) is 27.9. The topological polar surface area (TPSA) is 101 Å². The van der Waals surface area contributed by atoms with Crippen LogP contribution in [0, 0.1) is 0 Å². The van der Waals surface area contributed by atoms with Crippen LogP contribution in [0.2, 0.25) is 0 Å². The minimum atomic E-state index is -4.12. The van der Waals surface area contributed by atoms with Gasteiger partial charge < -0.3 is 14.5 Å². The predicted molar refractivity (Wildman–Crippen MR) is 167 cm³/mol. The Morgan fingerprint density at radius 3 is 2.14 bits per heavy atom. The molecule has 1 N–H and O–H groups in total. The van der Waals surface area contributed by atoms with Gasteiger partial charge in [-0.15, -0.1) is 0 Å². The third kappa shape index (κ3) is 4.97. The molecule has 1 aliphatic heterocycles. The van der Waals surface area contributed by atoms with Gasteiger partial charge in [-0.1, -0.05) is 58.4 Å². The van der Waals surface area contributed by atoms with Crippen molar-refractivity contribution in [2.45, 2.75) is 17.4 Å². The van der Waals surface area contributed by atoms with Gasteiger partial charge in [0.1, 0.15) is 11.5 Å². The molecule has 4 aromatic carbocycles. The monoisotopic (exact) mass is 643 g/mol. The number of nitrogens with zero attached hydrogens (tertiary/aromatic N) is 2. The fraction of sp³-hybridized carbons (Fsp3) is 0.125. The Hall–Kier alpha value is -4.41. The van der Waals surface area contributed by atoms with Crippen molar-refractivity contribution in [1.82, 2.24) is 9.40 Å². The van der Waals surface area contributed by atoms with Crippen LogP contribution >= 0.6 is 15.9 Å². The molecule has 0 spiro atoms. The lowest BCUT2D eigenvalue weighted by Gasteiger charge is -2.23. The van der Waals surface area contributed by atoms with Gasteiger partial charge >= 0.3 is 0 Å². The smallest absolute Gasteiger partial charge is 0.279 e. The van der Waals surface area contributed by atoms with Crippen molar-refractivity contribution in [2.24, 2.45) is 5.10 Å². The standard InChI is InChI=1S/C32H26BrN3O5S/c1-40-23-11-8-20(9-12-23)29-19-28(35-36(29)42(38,39)25-15-13-24(41-2)14-16-25)31-30(21-6-4-3-5-7-21)26-18-22(33)10-17-27(26)34-32(31)37/h3-18,29H,19H2,1-2H3,(H,34,37)/t29-/m1/s1. The van der Waals surface area contributed by atoms with Gasteiger partial charge in [0.2, 0.25) is 0 Å². The molecule has 0 fully saturated rings. The molecule has 10 heteroatoms. The van der Waals surface area contributed by atoms with Crippen LogP contribution in [-0.4, -0.2) is 37.7 Å². The van der Waals surface area contributed by atoms with Crippen LogP contribution in [-0.2, 0) is 10.0 Å². The van der Waals surface area contributed by atoms with E-state index in [2.05, 4.69) is 20.9 Å². The normalized spacial score (nSPS) is 15.1. The molecule has 2 heterocycles. The van der Waals surface area contributed by atoms with Crippen LogP contribution in [0.1, 0.15) is 23.6 Å². The SMILES string of the molecule is COc1ccc([C@H]2CC(c3c(-c4ccccc4)c4cc(Br)ccc4[nH]c3=O)=NN2S(=O)(=O)c2ccc(OC)cc2)cc1. The van der Waals surface area contributed by atoms with Crippen LogP contribution in [0.5, 0.6) is 11.5 Å². The third-order valence-electron chi connectivity index (χ3n) is 7.30. The number of aromatic amines is 1. The van der Waals surface area contributed by atoms with E-state index < -0.39 is 16.1 Å². The highest BCUT2D eigenvalue weighted by Gasteiger charge is 2.39. The Kier molecular flexibility index (Phi) is 7.34. The minimum absolute atomic E-state index is 0.0615. The molecular formula is C32H26BrN3O5S. The lowest BCUT2D eigenvalue weighted by molar-refractivity contribution is 0.370. The molecule has 0 unspecified atom stereocenters. The molecule has 1 atom stereocenters. The molecule has 8 nitrogen and oxygen atoms in total. The molecule has 6 rings (SSSR count). The van der Waals surface area contributed by atoms with Gasteiger partial charge in [0, 0.05) is 27.4 Å². The molecule has 0 saturated carbocycles. The number of rotatable bonds is 7. The number of sulfonamides is 1. The molecule has 0 saturated heterocycles. The van der Waals surface area contributed by atoms with Crippen LogP contribution in [0.3, 0.4) is 0 Å². The Morgan fingerprint density at radius 2 is 1.50 bits per heavy atom. The van der Waals surface area contributed by atoms with Crippen molar-refractivity contribution in [3.63, 3.8) is 0 Å². The van der Waals surface area contributed by atoms with E-state index in [4.69, 9.17) is 14.6 Å². The number of fused-ring (bicyclic) bond motifs is 1. The molecule has 0 amide bonds. The summed E-state index contributed by atoms with van der Waals surface area (Å²) in [6.07, 6.45) is 0.185. The Balaban J connectivity index is 1.57. The zero-order chi connectivity index (χ0) is 29.4. The van der Waals surface area contributed by atoms with Gasteiger partial charge in [0.25, 0.3) is 15.6 Å². The van der Waals surface area contributed by atoms with Crippen molar-refractivity contribution in [3.8, 4) is 22.6 Å². The molecule has 42 heavy (non-hydrogen) atoms. The average molecular weight is 645 g/mol. The maximum atomic E-state index is 14.1. The summed E-state index contributed by atoms with van der Waals surface area (Å²) < 4.78 is 40.6. The second-order valence-corrected chi connectivity index (χ2v) is 12.5. The number of hydrogen-bond donors (Lipinski definition) is 1. The van der Waals surface area contributed by atoms with Crippen molar-refractivity contribution >= 4 is 42.6 Å². The average Bonchev–Trinajstić information content (AvgIpc) is 3.47. The molecule has 212 valence electrons. The maximum Gasteiger partial charge on any atom is 0.279 e. The first-order valence-electron chi connectivity index (χ1n) is 13.1. The van der Waals surface area contributed by atoms with E-state index in [-0.39, 0.29) is 16.9 Å². The van der Waals surface area contributed by atoms with E-state index in [1.807, 2.05) is 60.7 Å². The third-order valence-corrected chi connectivity index (χ3v) is 9.49. The highest BCUT2D eigenvalue weighted by Crippen LogP contribution is 2.40. The summed E-state index contributed by atoms with van der Waals surface area (Å²) in [4.78, 5) is 16.8. The number of nitrogens with one attached hydrogen (secondary N) is 1. The van der Waals surface area contributed by atoms with Crippen LogP contribution in [0.25, 0.3) is 22.0 Å². The highest BCUT2D eigenvalue weighted by molar-refractivity contribution is 9.10. The number of hydrogen-bond acceptors (Lipinski definition) is 6. The Bertz CT molecular complexity index is 1970. The molecule has 5 aromatic rings. The van der Waals surface area contributed by atoms with Gasteiger partial charge in [0.05, 0.1) is 36.4 Å². The number of halogens is 1. The number of hydrazone groups is 1. The van der Waals surface area contributed by atoms with E-state index in [9.17, 15) is 13.2 Å². The van der Waals surface area contributed by atoms with Crippen molar-refractivity contribution in [3.05, 3.63) is 123 Å². The van der Waals surface area contributed by atoms with E-state index in [1.165, 1.54) is 19.2 Å². The summed E-state index contributed by atoms with van der Waals surface area (Å²) in [5, 5.41) is 5.50.